The molecule has 0 amide bonds. The van der Waals surface area contributed by atoms with Gasteiger partial charge in [0, 0.05) is 56.4 Å². The monoisotopic (exact) mass is 464 g/mol. The summed E-state index contributed by atoms with van der Waals surface area (Å²) in [5.41, 5.74) is 0. The third kappa shape index (κ3) is 45.5. The van der Waals surface area contributed by atoms with E-state index in [1.165, 1.54) is 4.13 Å². The summed E-state index contributed by atoms with van der Waals surface area (Å²) in [5, 5.41) is 28.9. The standard InChI is InChI=1S/3C5H8O3.C2H5.Zr/c3*1-2-4(6)3-5(7)8;1-2;/h3*2-3H2,1H3,(H,7,8);1H2,2H3;/q;;;;+3/p-3. The minimum atomic E-state index is -1.29. The summed E-state index contributed by atoms with van der Waals surface area (Å²) in [6.07, 6.45) is -0.528. The Morgan fingerprint density at radius 1 is 0.556 bits per heavy atom. The second kappa shape index (κ2) is 24.3. The van der Waals surface area contributed by atoms with Crippen molar-refractivity contribution < 1.29 is 68.8 Å². The summed E-state index contributed by atoms with van der Waals surface area (Å²) in [6, 6.07) is 0. The fraction of sp³-hybridized carbons (Fsp3) is 0.647. The number of carbonyl (C=O) groups is 6. The normalized spacial score (nSPS) is 8.37. The molecule has 0 aromatic carbocycles. The number of carbonyl (C=O) groups excluding carboxylic acids is 6. The Labute approximate surface area is 174 Å². The van der Waals surface area contributed by atoms with Gasteiger partial charge in [0.1, 0.15) is 17.3 Å². The number of hydrogen-bond acceptors (Lipinski definition) is 9. The molecule has 0 aliphatic carbocycles. The van der Waals surface area contributed by atoms with Crippen LogP contribution in [0.15, 0.2) is 0 Å². The van der Waals surface area contributed by atoms with Crippen molar-refractivity contribution in [2.24, 2.45) is 0 Å². The van der Waals surface area contributed by atoms with E-state index >= 15 is 0 Å². The molecule has 0 bridgehead atoms. The number of carboxylic acids is 3. The fourth-order valence-corrected chi connectivity index (χ4v) is 0.858. The third-order valence-corrected chi connectivity index (χ3v) is 2.21. The fourth-order valence-electron chi connectivity index (χ4n) is 0.858. The third-order valence-electron chi connectivity index (χ3n) is 2.21. The van der Waals surface area contributed by atoms with Crippen molar-refractivity contribution in [3.05, 3.63) is 0 Å². The van der Waals surface area contributed by atoms with Crippen LogP contribution in [-0.4, -0.2) is 35.3 Å². The van der Waals surface area contributed by atoms with Crippen LogP contribution in [0, 0.1) is 0 Å². The Bertz CT molecular complexity index is 406. The van der Waals surface area contributed by atoms with Crippen LogP contribution in [0.2, 0.25) is 4.13 Å². The molecule has 0 rings (SSSR count). The van der Waals surface area contributed by atoms with E-state index in [1.807, 2.05) is 0 Å². The van der Waals surface area contributed by atoms with Gasteiger partial charge in [-0.1, -0.05) is 20.8 Å². The van der Waals surface area contributed by atoms with Crippen molar-refractivity contribution in [1.82, 2.24) is 0 Å². The molecule has 27 heavy (non-hydrogen) atoms. The van der Waals surface area contributed by atoms with E-state index in [-0.39, 0.29) is 36.6 Å². The van der Waals surface area contributed by atoms with Crippen molar-refractivity contribution in [2.45, 2.75) is 70.3 Å². The van der Waals surface area contributed by atoms with Crippen molar-refractivity contribution in [3.8, 4) is 0 Å². The predicted molar refractivity (Wildman–Crippen MR) is 85.2 cm³/mol. The Hall–Kier alpha value is -1.70. The molecule has 0 heterocycles. The van der Waals surface area contributed by atoms with Gasteiger partial charge in [-0.15, -0.1) is 0 Å². The number of ketones is 3. The Morgan fingerprint density at radius 2 is 0.704 bits per heavy atom. The van der Waals surface area contributed by atoms with Crippen LogP contribution in [0.4, 0.5) is 0 Å². The molecule has 152 valence electrons. The van der Waals surface area contributed by atoms with E-state index in [4.69, 9.17) is 0 Å². The first-order valence-electron chi connectivity index (χ1n) is 8.20. The van der Waals surface area contributed by atoms with Gasteiger partial charge >= 0.3 is 35.8 Å². The van der Waals surface area contributed by atoms with E-state index in [0.29, 0.717) is 0 Å². The van der Waals surface area contributed by atoms with Gasteiger partial charge in [0.25, 0.3) is 0 Å². The van der Waals surface area contributed by atoms with Gasteiger partial charge in [-0.2, -0.15) is 0 Å². The zero-order valence-corrected chi connectivity index (χ0v) is 18.6. The summed E-state index contributed by atoms with van der Waals surface area (Å²) in [6.45, 7) is 7.01. The van der Waals surface area contributed by atoms with Gasteiger partial charge in [-0.05, 0) is 0 Å². The van der Waals surface area contributed by atoms with E-state index in [2.05, 4.69) is 6.92 Å². The van der Waals surface area contributed by atoms with E-state index in [1.54, 1.807) is 45.5 Å². The van der Waals surface area contributed by atoms with Crippen LogP contribution in [0.1, 0.15) is 66.2 Å². The molecule has 0 spiro atoms. The van der Waals surface area contributed by atoms with E-state index in [0.717, 1.165) is 0 Å². The summed E-state index contributed by atoms with van der Waals surface area (Å²) >= 11 is 1.64. The zero-order valence-electron chi connectivity index (χ0n) is 16.1. The van der Waals surface area contributed by atoms with Crippen LogP contribution >= 0.6 is 0 Å². The molecule has 0 saturated heterocycles. The molecule has 0 atom stereocenters. The Kier molecular flexibility index (Phi) is 29.6. The zero-order chi connectivity index (χ0) is 22.4. The molecule has 9 nitrogen and oxygen atoms in total. The maximum atomic E-state index is 10.2. The van der Waals surface area contributed by atoms with Crippen LogP contribution in [0.25, 0.3) is 0 Å². The number of hydrogen-bond donors (Lipinski definition) is 0. The molecule has 10 heteroatoms. The average molecular weight is 466 g/mol. The van der Waals surface area contributed by atoms with Gasteiger partial charge in [0.15, 0.2) is 0 Å². The first-order chi connectivity index (χ1) is 12.4. The predicted octanol–water partition coefficient (Wildman–Crippen LogP) is -1.71. The van der Waals surface area contributed by atoms with Crippen LogP contribution in [0.5, 0.6) is 0 Å². The minimum absolute atomic E-state index is 0.272. The molecule has 0 aromatic heterocycles. The van der Waals surface area contributed by atoms with Crippen molar-refractivity contribution in [2.75, 3.05) is 0 Å². The number of carboxylic acid groups (broad SMARTS) is 3. The Morgan fingerprint density at radius 3 is 0.741 bits per heavy atom. The van der Waals surface area contributed by atoms with Gasteiger partial charge in [0.05, 0.1) is 0 Å². The molecule has 0 fully saturated rings. The van der Waals surface area contributed by atoms with Gasteiger partial charge < -0.3 is 29.7 Å². The number of Topliss-reactive ketones (excluding diaryl/α,β-unsaturated/α-hetero) is 3. The summed E-state index contributed by atoms with van der Waals surface area (Å²) < 4.78 is 1.34. The van der Waals surface area contributed by atoms with E-state index < -0.39 is 37.2 Å². The topological polar surface area (TPSA) is 172 Å². The first-order valence-corrected chi connectivity index (χ1v) is 9.94. The molecular formula is C17H26O9Zr. The quantitative estimate of drug-likeness (QED) is 0.359. The van der Waals surface area contributed by atoms with E-state index in [9.17, 15) is 44.1 Å². The molecule has 0 aliphatic rings. The second-order valence-corrected chi connectivity index (χ2v) is 6.41. The number of aliphatic carboxylic acids is 3. The van der Waals surface area contributed by atoms with Crippen LogP contribution < -0.4 is 15.3 Å². The average Bonchev–Trinajstić information content (AvgIpc) is 2.54. The van der Waals surface area contributed by atoms with Gasteiger partial charge in [-0.3, -0.25) is 14.4 Å². The summed E-state index contributed by atoms with van der Waals surface area (Å²) in [7, 11) is 0. The number of rotatable bonds is 9. The van der Waals surface area contributed by atoms with Crippen LogP contribution in [-0.2, 0) is 53.5 Å². The first kappa shape index (κ1) is 32.9. The maximum absolute atomic E-state index is 10.2. The summed E-state index contributed by atoms with van der Waals surface area (Å²) in [4.78, 5) is 59.5. The molecule has 0 radical (unpaired) electrons. The van der Waals surface area contributed by atoms with Crippen molar-refractivity contribution in [3.63, 3.8) is 0 Å². The van der Waals surface area contributed by atoms with Crippen molar-refractivity contribution in [1.29, 1.82) is 0 Å². The molecule has 0 unspecified atom stereocenters. The molecule has 0 aromatic rings. The van der Waals surface area contributed by atoms with Gasteiger partial charge in [0.2, 0.25) is 0 Å². The van der Waals surface area contributed by atoms with Crippen LogP contribution in [0.3, 0.4) is 0 Å². The molecular weight excluding hydrogens is 439 g/mol. The molecule has 0 aliphatic heterocycles. The summed E-state index contributed by atoms with van der Waals surface area (Å²) in [5.74, 6) is -4.74. The SMILES string of the molecule is CCC(=O)CC(=O)[O-].CCC(=O)CC(=O)[O-].CCC(=O)CC(=O)[O-].C[CH2][Zr+3]. The Balaban J connectivity index is -0.000000137. The molecule has 0 saturated carbocycles. The van der Waals surface area contributed by atoms with Crippen molar-refractivity contribution >= 4 is 35.3 Å². The molecule has 0 N–H and O–H groups in total. The second-order valence-electron chi connectivity index (χ2n) is 4.68. The van der Waals surface area contributed by atoms with Gasteiger partial charge in [-0.25, -0.2) is 0 Å².